The Morgan fingerprint density at radius 2 is 1.71 bits per heavy atom. The molecule has 0 heterocycles. The van der Waals surface area contributed by atoms with Crippen molar-refractivity contribution in [3.8, 4) is 0 Å². The molecule has 0 spiro atoms. The molecule has 1 fully saturated rings. The van der Waals surface area contributed by atoms with E-state index in [0.717, 1.165) is 12.6 Å². The molecular weight excluding hydrogens is 206 g/mol. The first-order valence-electron chi connectivity index (χ1n) is 6.88. The van der Waals surface area contributed by atoms with Crippen molar-refractivity contribution in [1.29, 1.82) is 0 Å². The van der Waals surface area contributed by atoms with E-state index in [1.54, 1.807) is 0 Å². The third kappa shape index (κ3) is 3.57. The van der Waals surface area contributed by atoms with Gasteiger partial charge in [0, 0.05) is 6.04 Å². The van der Waals surface area contributed by atoms with E-state index in [0.29, 0.717) is 11.8 Å². The Morgan fingerprint density at radius 3 is 2.24 bits per heavy atom. The Hall–Kier alpha value is -0.820. The van der Waals surface area contributed by atoms with Gasteiger partial charge in [-0.2, -0.15) is 0 Å². The molecule has 1 N–H and O–H groups in total. The average molecular weight is 231 g/mol. The van der Waals surface area contributed by atoms with E-state index in [4.69, 9.17) is 0 Å². The molecule has 1 aliphatic rings. The molecule has 0 amide bonds. The van der Waals surface area contributed by atoms with E-state index in [-0.39, 0.29) is 0 Å². The minimum absolute atomic E-state index is 0.639. The molecule has 0 saturated heterocycles. The Balaban J connectivity index is 1.98. The first-order chi connectivity index (χ1) is 8.06. The molecule has 2 rings (SSSR count). The Kier molecular flexibility index (Phi) is 3.88. The first-order valence-corrected chi connectivity index (χ1v) is 6.88. The molecule has 0 aromatic heterocycles. The van der Waals surface area contributed by atoms with Crippen LogP contribution < -0.4 is 5.32 Å². The van der Waals surface area contributed by atoms with Crippen molar-refractivity contribution in [2.75, 3.05) is 6.54 Å². The van der Waals surface area contributed by atoms with Gasteiger partial charge in [-0.3, -0.25) is 0 Å². The zero-order valence-corrected chi connectivity index (χ0v) is 11.6. The van der Waals surface area contributed by atoms with Crippen molar-refractivity contribution in [2.45, 2.75) is 52.5 Å². The van der Waals surface area contributed by atoms with Gasteiger partial charge in [-0.15, -0.1) is 0 Å². The largest absolute Gasteiger partial charge is 0.314 e. The van der Waals surface area contributed by atoms with Gasteiger partial charge in [0.05, 0.1) is 0 Å². The van der Waals surface area contributed by atoms with Crippen LogP contribution in [0.25, 0.3) is 0 Å². The Labute approximate surface area is 106 Å². The molecular formula is C16H25N. The van der Waals surface area contributed by atoms with E-state index in [1.807, 2.05) is 0 Å². The van der Waals surface area contributed by atoms with Crippen LogP contribution in [0.1, 0.15) is 49.3 Å². The molecule has 1 aromatic carbocycles. The summed E-state index contributed by atoms with van der Waals surface area (Å²) in [5, 5.41) is 3.64. The minimum Gasteiger partial charge on any atom is -0.314 e. The van der Waals surface area contributed by atoms with Crippen molar-refractivity contribution >= 4 is 0 Å². The van der Waals surface area contributed by atoms with Crippen molar-refractivity contribution < 1.29 is 0 Å². The van der Waals surface area contributed by atoms with Crippen LogP contribution in [-0.4, -0.2) is 12.6 Å². The second-order valence-electron chi connectivity index (χ2n) is 5.87. The van der Waals surface area contributed by atoms with Gasteiger partial charge in [0.1, 0.15) is 0 Å². The van der Waals surface area contributed by atoms with Crippen LogP contribution in [0.3, 0.4) is 0 Å². The Morgan fingerprint density at radius 1 is 1.12 bits per heavy atom. The lowest BCUT2D eigenvalue weighted by molar-refractivity contribution is 0.446. The zero-order valence-electron chi connectivity index (χ0n) is 11.6. The number of hydrogen-bond acceptors (Lipinski definition) is 1. The van der Waals surface area contributed by atoms with Crippen molar-refractivity contribution in [1.82, 2.24) is 5.32 Å². The third-order valence-electron chi connectivity index (χ3n) is 3.93. The van der Waals surface area contributed by atoms with Crippen LogP contribution >= 0.6 is 0 Å². The smallest absolute Gasteiger partial charge is 0.00683 e. The fraction of sp³-hybridized carbons (Fsp3) is 0.625. The molecule has 1 aliphatic carbocycles. The van der Waals surface area contributed by atoms with E-state index < -0.39 is 0 Å². The summed E-state index contributed by atoms with van der Waals surface area (Å²) in [5.41, 5.74) is 4.26. The molecule has 0 radical (unpaired) electrons. The summed E-state index contributed by atoms with van der Waals surface area (Å²) in [6.45, 7) is 10.2. The summed E-state index contributed by atoms with van der Waals surface area (Å²) >= 11 is 0. The number of nitrogens with one attached hydrogen (secondary N) is 1. The lowest BCUT2D eigenvalue weighted by Crippen LogP contribution is -2.26. The monoisotopic (exact) mass is 231 g/mol. The highest BCUT2D eigenvalue weighted by molar-refractivity contribution is 5.31. The van der Waals surface area contributed by atoms with Crippen LogP contribution in [0.5, 0.6) is 0 Å². The van der Waals surface area contributed by atoms with Gasteiger partial charge in [-0.25, -0.2) is 0 Å². The summed E-state index contributed by atoms with van der Waals surface area (Å²) in [6.07, 6.45) is 2.76. The van der Waals surface area contributed by atoms with E-state index >= 15 is 0 Å². The number of hydrogen-bond donors (Lipinski definition) is 1. The van der Waals surface area contributed by atoms with Crippen LogP contribution in [0.4, 0.5) is 0 Å². The van der Waals surface area contributed by atoms with Gasteiger partial charge >= 0.3 is 0 Å². The quantitative estimate of drug-likeness (QED) is 0.813. The lowest BCUT2D eigenvalue weighted by atomic mass is 9.87. The number of aryl methyl sites for hydroxylation is 2. The second kappa shape index (κ2) is 5.22. The molecule has 17 heavy (non-hydrogen) atoms. The molecule has 2 atom stereocenters. The molecule has 94 valence electrons. The Bertz CT molecular complexity index is 359. The van der Waals surface area contributed by atoms with Crippen LogP contribution in [0.2, 0.25) is 0 Å². The standard InChI is InChI=1S/C16H25N/c1-11-7-12(2)9-15(8-11)14(4)13(3)10-17-16-5-6-16/h7-9,13-14,16-17H,5-6,10H2,1-4H3. The summed E-state index contributed by atoms with van der Waals surface area (Å²) in [5.74, 6) is 1.34. The summed E-state index contributed by atoms with van der Waals surface area (Å²) < 4.78 is 0. The first kappa shape index (κ1) is 12.6. The van der Waals surface area contributed by atoms with E-state index in [1.165, 1.54) is 29.5 Å². The second-order valence-corrected chi connectivity index (χ2v) is 5.87. The fourth-order valence-corrected chi connectivity index (χ4v) is 2.42. The van der Waals surface area contributed by atoms with E-state index in [2.05, 4.69) is 51.2 Å². The van der Waals surface area contributed by atoms with Gasteiger partial charge < -0.3 is 5.32 Å². The maximum atomic E-state index is 3.64. The maximum Gasteiger partial charge on any atom is 0.00683 e. The van der Waals surface area contributed by atoms with Crippen LogP contribution in [0, 0.1) is 19.8 Å². The summed E-state index contributed by atoms with van der Waals surface area (Å²) in [7, 11) is 0. The van der Waals surface area contributed by atoms with Crippen molar-refractivity contribution in [2.24, 2.45) is 5.92 Å². The summed E-state index contributed by atoms with van der Waals surface area (Å²) in [6, 6.07) is 7.75. The highest BCUT2D eigenvalue weighted by atomic mass is 14.9. The average Bonchev–Trinajstić information content (AvgIpc) is 3.07. The molecule has 0 bridgehead atoms. The molecule has 0 aliphatic heterocycles. The molecule has 2 unspecified atom stereocenters. The molecule has 1 nitrogen and oxygen atoms in total. The minimum atomic E-state index is 0.639. The van der Waals surface area contributed by atoms with E-state index in [9.17, 15) is 0 Å². The predicted molar refractivity (Wildman–Crippen MR) is 74.5 cm³/mol. The highest BCUT2D eigenvalue weighted by Gasteiger charge is 2.22. The van der Waals surface area contributed by atoms with Gasteiger partial charge in [0.25, 0.3) is 0 Å². The maximum absolute atomic E-state index is 3.64. The molecule has 1 heteroatoms. The summed E-state index contributed by atoms with van der Waals surface area (Å²) in [4.78, 5) is 0. The predicted octanol–water partition coefficient (Wildman–Crippen LogP) is 3.80. The highest BCUT2D eigenvalue weighted by Crippen LogP contribution is 2.27. The van der Waals surface area contributed by atoms with Gasteiger partial charge in [-0.1, -0.05) is 43.2 Å². The number of rotatable bonds is 5. The topological polar surface area (TPSA) is 12.0 Å². The SMILES string of the molecule is Cc1cc(C)cc(C(C)C(C)CNC2CC2)c1. The lowest BCUT2D eigenvalue weighted by Gasteiger charge is -2.21. The van der Waals surface area contributed by atoms with Crippen LogP contribution in [-0.2, 0) is 0 Å². The number of benzene rings is 1. The van der Waals surface area contributed by atoms with Crippen molar-refractivity contribution in [3.63, 3.8) is 0 Å². The van der Waals surface area contributed by atoms with Gasteiger partial charge in [0.15, 0.2) is 0 Å². The molecule has 1 aromatic rings. The van der Waals surface area contributed by atoms with Gasteiger partial charge in [0.2, 0.25) is 0 Å². The van der Waals surface area contributed by atoms with Crippen molar-refractivity contribution in [3.05, 3.63) is 34.9 Å². The fourth-order valence-electron chi connectivity index (χ4n) is 2.42. The normalized spacial score (nSPS) is 19.1. The zero-order chi connectivity index (χ0) is 12.4. The third-order valence-corrected chi connectivity index (χ3v) is 3.93. The molecule has 1 saturated carbocycles. The van der Waals surface area contributed by atoms with Crippen LogP contribution in [0.15, 0.2) is 18.2 Å². The van der Waals surface area contributed by atoms with Gasteiger partial charge in [-0.05, 0) is 50.6 Å².